The molecule has 0 fully saturated rings. The zero-order valence-electron chi connectivity index (χ0n) is 10.4. The van der Waals surface area contributed by atoms with Gasteiger partial charge in [-0.1, -0.05) is 31.2 Å². The molecular formula is C15H17NO2. The number of aromatic hydroxyl groups is 1. The van der Waals surface area contributed by atoms with Crippen LogP contribution in [0.2, 0.25) is 0 Å². The number of carbonyl (C=O) groups is 1. The smallest absolute Gasteiger partial charge is 0.219 e. The highest BCUT2D eigenvalue weighted by Crippen LogP contribution is 2.23. The Morgan fingerprint density at radius 3 is 2.89 bits per heavy atom. The second kappa shape index (κ2) is 5.54. The molecule has 0 unspecified atom stereocenters. The number of benzene rings is 2. The second-order valence-electron chi connectivity index (χ2n) is 4.28. The molecule has 94 valence electrons. The van der Waals surface area contributed by atoms with E-state index in [0.29, 0.717) is 13.0 Å². The molecular weight excluding hydrogens is 226 g/mol. The van der Waals surface area contributed by atoms with Crippen molar-refractivity contribution in [1.82, 2.24) is 5.32 Å². The van der Waals surface area contributed by atoms with E-state index in [1.54, 1.807) is 12.1 Å². The van der Waals surface area contributed by atoms with Gasteiger partial charge in [0, 0.05) is 13.0 Å². The molecule has 3 heteroatoms. The van der Waals surface area contributed by atoms with Gasteiger partial charge in [-0.25, -0.2) is 0 Å². The lowest BCUT2D eigenvalue weighted by Crippen LogP contribution is -2.24. The number of phenolic OH excluding ortho intramolecular Hbond substituents is 1. The molecule has 0 saturated heterocycles. The van der Waals surface area contributed by atoms with Crippen LogP contribution in [0.1, 0.15) is 18.9 Å². The van der Waals surface area contributed by atoms with E-state index in [-0.39, 0.29) is 11.7 Å². The van der Waals surface area contributed by atoms with Crippen molar-refractivity contribution < 1.29 is 9.90 Å². The standard InChI is InChI=1S/C15H17NO2/c1-2-15(18)16-9-8-12-5-3-4-11-6-7-13(17)10-14(11)12/h3-7,10,17H,2,8-9H2,1H3,(H,16,18). The summed E-state index contributed by atoms with van der Waals surface area (Å²) in [4.78, 5) is 11.2. The SMILES string of the molecule is CCC(=O)NCCc1cccc2ccc(O)cc12. The third-order valence-electron chi connectivity index (χ3n) is 2.99. The summed E-state index contributed by atoms with van der Waals surface area (Å²) in [5, 5.41) is 14.5. The predicted molar refractivity (Wildman–Crippen MR) is 72.6 cm³/mol. The highest BCUT2D eigenvalue weighted by molar-refractivity contribution is 5.87. The van der Waals surface area contributed by atoms with Crippen LogP contribution in [-0.4, -0.2) is 17.6 Å². The lowest BCUT2D eigenvalue weighted by atomic mass is 10.0. The molecule has 18 heavy (non-hydrogen) atoms. The minimum absolute atomic E-state index is 0.0677. The van der Waals surface area contributed by atoms with Crippen molar-refractivity contribution in [1.29, 1.82) is 0 Å². The lowest BCUT2D eigenvalue weighted by Gasteiger charge is -2.08. The van der Waals surface area contributed by atoms with Crippen molar-refractivity contribution in [3.8, 4) is 5.75 Å². The van der Waals surface area contributed by atoms with Crippen LogP contribution in [0, 0.1) is 0 Å². The van der Waals surface area contributed by atoms with Crippen LogP contribution in [0.15, 0.2) is 36.4 Å². The minimum Gasteiger partial charge on any atom is -0.508 e. The summed E-state index contributed by atoms with van der Waals surface area (Å²) in [6.07, 6.45) is 1.28. The molecule has 0 aliphatic rings. The topological polar surface area (TPSA) is 49.3 Å². The number of hydrogen-bond donors (Lipinski definition) is 2. The van der Waals surface area contributed by atoms with Crippen LogP contribution >= 0.6 is 0 Å². The van der Waals surface area contributed by atoms with Gasteiger partial charge in [0.25, 0.3) is 0 Å². The molecule has 2 aromatic rings. The highest BCUT2D eigenvalue weighted by atomic mass is 16.3. The van der Waals surface area contributed by atoms with Crippen LogP contribution in [0.25, 0.3) is 10.8 Å². The van der Waals surface area contributed by atoms with E-state index in [9.17, 15) is 9.90 Å². The first-order valence-electron chi connectivity index (χ1n) is 6.18. The van der Waals surface area contributed by atoms with Gasteiger partial charge in [0.2, 0.25) is 5.91 Å². The zero-order chi connectivity index (χ0) is 13.0. The molecule has 2 N–H and O–H groups in total. The van der Waals surface area contributed by atoms with Gasteiger partial charge in [0.15, 0.2) is 0 Å². The molecule has 1 amide bonds. The van der Waals surface area contributed by atoms with Crippen molar-refractivity contribution >= 4 is 16.7 Å². The molecule has 0 radical (unpaired) electrons. The van der Waals surface area contributed by atoms with Gasteiger partial charge in [-0.2, -0.15) is 0 Å². The summed E-state index contributed by atoms with van der Waals surface area (Å²) in [5.41, 5.74) is 1.14. The van der Waals surface area contributed by atoms with Gasteiger partial charge >= 0.3 is 0 Å². The van der Waals surface area contributed by atoms with Gasteiger partial charge in [-0.05, 0) is 34.9 Å². The molecule has 0 bridgehead atoms. The van der Waals surface area contributed by atoms with Gasteiger partial charge < -0.3 is 10.4 Å². The van der Waals surface area contributed by atoms with Crippen molar-refractivity contribution in [3.63, 3.8) is 0 Å². The molecule has 0 aliphatic carbocycles. The number of fused-ring (bicyclic) bond motifs is 1. The van der Waals surface area contributed by atoms with Crippen LogP contribution < -0.4 is 5.32 Å². The third-order valence-corrected chi connectivity index (χ3v) is 2.99. The lowest BCUT2D eigenvalue weighted by molar-refractivity contribution is -0.120. The first-order chi connectivity index (χ1) is 8.70. The predicted octanol–water partition coefficient (Wildman–Crippen LogP) is 2.61. The summed E-state index contributed by atoms with van der Waals surface area (Å²) in [5.74, 6) is 0.339. The quantitative estimate of drug-likeness (QED) is 0.867. The largest absolute Gasteiger partial charge is 0.508 e. The summed E-state index contributed by atoms with van der Waals surface area (Å²) < 4.78 is 0. The molecule has 2 aromatic carbocycles. The van der Waals surface area contributed by atoms with Crippen molar-refractivity contribution in [2.24, 2.45) is 0 Å². The zero-order valence-corrected chi connectivity index (χ0v) is 10.4. The maximum atomic E-state index is 11.2. The van der Waals surface area contributed by atoms with Crippen LogP contribution in [-0.2, 0) is 11.2 Å². The fourth-order valence-electron chi connectivity index (χ4n) is 2.00. The molecule has 0 aromatic heterocycles. The van der Waals surface area contributed by atoms with E-state index in [4.69, 9.17) is 0 Å². The van der Waals surface area contributed by atoms with E-state index in [1.165, 1.54) is 0 Å². The third kappa shape index (κ3) is 2.80. The number of carbonyl (C=O) groups excluding carboxylic acids is 1. The average molecular weight is 243 g/mol. The van der Waals surface area contributed by atoms with E-state index >= 15 is 0 Å². The minimum atomic E-state index is 0.0677. The maximum absolute atomic E-state index is 11.2. The van der Waals surface area contributed by atoms with Crippen molar-refractivity contribution in [2.45, 2.75) is 19.8 Å². The Kier molecular flexibility index (Phi) is 3.82. The number of rotatable bonds is 4. The maximum Gasteiger partial charge on any atom is 0.219 e. The average Bonchev–Trinajstić information content (AvgIpc) is 2.39. The molecule has 0 spiro atoms. The number of nitrogens with one attached hydrogen (secondary N) is 1. The van der Waals surface area contributed by atoms with E-state index < -0.39 is 0 Å². The Balaban J connectivity index is 2.17. The number of amides is 1. The van der Waals surface area contributed by atoms with Gasteiger partial charge in [0.1, 0.15) is 5.75 Å². The summed E-state index contributed by atoms with van der Waals surface area (Å²) in [6, 6.07) is 11.4. The molecule has 0 saturated carbocycles. The van der Waals surface area contributed by atoms with Crippen LogP contribution in [0.3, 0.4) is 0 Å². The van der Waals surface area contributed by atoms with Gasteiger partial charge in [0.05, 0.1) is 0 Å². The molecule has 3 nitrogen and oxygen atoms in total. The summed E-state index contributed by atoms with van der Waals surface area (Å²) in [7, 11) is 0. The Morgan fingerprint density at radius 1 is 1.28 bits per heavy atom. The summed E-state index contributed by atoms with van der Waals surface area (Å²) in [6.45, 7) is 2.47. The first-order valence-corrected chi connectivity index (χ1v) is 6.18. The van der Waals surface area contributed by atoms with Crippen LogP contribution in [0.5, 0.6) is 5.75 Å². The fraction of sp³-hybridized carbons (Fsp3) is 0.267. The highest BCUT2D eigenvalue weighted by Gasteiger charge is 2.03. The Labute approximate surface area is 106 Å². The van der Waals surface area contributed by atoms with E-state index in [1.807, 2.05) is 31.2 Å². The molecule has 0 atom stereocenters. The second-order valence-corrected chi connectivity index (χ2v) is 4.28. The number of hydrogen-bond acceptors (Lipinski definition) is 2. The Morgan fingerprint density at radius 2 is 2.11 bits per heavy atom. The van der Waals surface area contributed by atoms with E-state index in [2.05, 4.69) is 5.32 Å². The first kappa shape index (κ1) is 12.4. The van der Waals surface area contributed by atoms with Crippen molar-refractivity contribution in [2.75, 3.05) is 6.54 Å². The number of phenols is 1. The van der Waals surface area contributed by atoms with Gasteiger partial charge in [-0.3, -0.25) is 4.79 Å². The van der Waals surface area contributed by atoms with Crippen molar-refractivity contribution in [3.05, 3.63) is 42.0 Å². The summed E-state index contributed by atoms with van der Waals surface area (Å²) >= 11 is 0. The van der Waals surface area contributed by atoms with Crippen LogP contribution in [0.4, 0.5) is 0 Å². The van der Waals surface area contributed by atoms with E-state index in [0.717, 1.165) is 22.8 Å². The Hall–Kier alpha value is -2.03. The normalized spacial score (nSPS) is 10.5. The molecule has 0 aliphatic heterocycles. The molecule has 0 heterocycles. The fourth-order valence-corrected chi connectivity index (χ4v) is 2.00. The Bertz CT molecular complexity index is 563. The van der Waals surface area contributed by atoms with Gasteiger partial charge in [-0.15, -0.1) is 0 Å². The monoisotopic (exact) mass is 243 g/mol. The molecule has 2 rings (SSSR count).